The number of hydrogen-bond donors (Lipinski definition) is 1. The minimum atomic E-state index is 0. The minimum Gasteiger partial charge on any atom is -0.306 e. The lowest BCUT2D eigenvalue weighted by Crippen LogP contribution is -2.39. The topological polar surface area (TPSA) is 12.0 Å². The quantitative estimate of drug-likeness (QED) is 0.716. The highest BCUT2D eigenvalue weighted by atomic mass is 79.9. The first-order valence-corrected chi connectivity index (χ1v) is 7.58. The Bertz CT molecular complexity index is 510. The second-order valence-corrected chi connectivity index (χ2v) is 6.60. The minimum absolute atomic E-state index is 0. The summed E-state index contributed by atoms with van der Waals surface area (Å²) in [5, 5.41) is 3.76. The monoisotopic (exact) mass is 355 g/mol. The maximum absolute atomic E-state index is 4.06. The summed E-state index contributed by atoms with van der Waals surface area (Å²) in [5.41, 5.74) is 5.32. The highest BCUT2D eigenvalue weighted by Crippen LogP contribution is 2.34. The maximum Gasteiger partial charge on any atom is 0.0363 e. The zero-order chi connectivity index (χ0) is 14.0. The van der Waals surface area contributed by atoms with Gasteiger partial charge in [-0.3, -0.25) is 0 Å². The largest absolute Gasteiger partial charge is 0.306 e. The fourth-order valence-electron chi connectivity index (χ4n) is 2.87. The molecule has 0 aromatic heterocycles. The molecule has 0 saturated heterocycles. The Kier molecular flexibility index (Phi) is 6.50. The third-order valence-electron chi connectivity index (χ3n) is 3.57. The van der Waals surface area contributed by atoms with Crippen LogP contribution in [0.2, 0.25) is 0 Å². The predicted molar refractivity (Wildman–Crippen MR) is 93.6 cm³/mol. The van der Waals surface area contributed by atoms with Crippen LogP contribution in [0.4, 0.5) is 0 Å². The van der Waals surface area contributed by atoms with Crippen LogP contribution in [0.25, 0.3) is 0 Å². The summed E-state index contributed by atoms with van der Waals surface area (Å²) < 4.78 is 1.23. The van der Waals surface area contributed by atoms with Crippen molar-refractivity contribution in [2.45, 2.75) is 45.2 Å². The van der Waals surface area contributed by atoms with Crippen molar-refractivity contribution < 1.29 is 0 Å². The third-order valence-corrected chi connectivity index (χ3v) is 4.31. The van der Waals surface area contributed by atoms with Crippen LogP contribution in [0.3, 0.4) is 0 Å². The van der Waals surface area contributed by atoms with E-state index in [9.17, 15) is 0 Å². The zero-order valence-corrected chi connectivity index (χ0v) is 14.6. The van der Waals surface area contributed by atoms with Crippen LogP contribution in [0.1, 0.15) is 43.9 Å². The van der Waals surface area contributed by atoms with Crippen molar-refractivity contribution in [2.24, 2.45) is 0 Å². The van der Waals surface area contributed by atoms with Gasteiger partial charge in [-0.2, -0.15) is 0 Å². The molecule has 2 rings (SSSR count). The molecule has 1 aromatic rings. The molecule has 2 unspecified atom stereocenters. The molecule has 0 aliphatic carbocycles. The van der Waals surface area contributed by atoms with Crippen LogP contribution in [-0.4, -0.2) is 6.04 Å². The molecule has 1 heterocycles. The van der Waals surface area contributed by atoms with Gasteiger partial charge in [0.25, 0.3) is 0 Å². The van der Waals surface area contributed by atoms with Crippen LogP contribution in [0.5, 0.6) is 0 Å². The van der Waals surface area contributed by atoms with Gasteiger partial charge in [0.05, 0.1) is 0 Å². The van der Waals surface area contributed by atoms with Crippen molar-refractivity contribution in [3.8, 4) is 0 Å². The Morgan fingerprint density at radius 2 is 1.90 bits per heavy atom. The third kappa shape index (κ3) is 4.21. The highest BCUT2D eigenvalue weighted by Gasteiger charge is 2.27. The standard InChI is InChI=1S/C17H22BrN.ClH/c1-11(2)8-13-10-15-14(6-5-7-16(15)18)17(19-13)9-12(3)4;/h5-7,13,17,19H,1,3,8-10H2,2,4H3;1H. The lowest BCUT2D eigenvalue weighted by molar-refractivity contribution is 0.396. The predicted octanol–water partition coefficient (Wildman–Crippen LogP) is 5.36. The summed E-state index contributed by atoms with van der Waals surface area (Å²) >= 11 is 3.70. The first-order chi connectivity index (χ1) is 8.97. The van der Waals surface area contributed by atoms with Crippen molar-refractivity contribution in [3.05, 3.63) is 58.1 Å². The summed E-state index contributed by atoms with van der Waals surface area (Å²) in [6.45, 7) is 12.3. The SMILES string of the molecule is C=C(C)CC1Cc2c(Br)cccc2C(CC(=C)C)N1.Cl. The van der Waals surface area contributed by atoms with Crippen molar-refractivity contribution in [2.75, 3.05) is 0 Å². The number of nitrogens with one attached hydrogen (secondary N) is 1. The van der Waals surface area contributed by atoms with Gasteiger partial charge >= 0.3 is 0 Å². The second kappa shape index (κ2) is 7.44. The molecule has 3 heteroatoms. The van der Waals surface area contributed by atoms with Crippen LogP contribution >= 0.6 is 28.3 Å². The van der Waals surface area contributed by atoms with Crippen molar-refractivity contribution in [3.63, 3.8) is 0 Å². The molecule has 2 atom stereocenters. The molecule has 0 bridgehead atoms. The first-order valence-electron chi connectivity index (χ1n) is 6.79. The van der Waals surface area contributed by atoms with Crippen LogP contribution < -0.4 is 5.32 Å². The lowest BCUT2D eigenvalue weighted by Gasteiger charge is -2.34. The fourth-order valence-corrected chi connectivity index (χ4v) is 3.41. The molecule has 1 aliphatic heterocycles. The number of halogens is 2. The van der Waals surface area contributed by atoms with E-state index in [2.05, 4.69) is 66.5 Å². The summed E-state index contributed by atoms with van der Waals surface area (Å²) in [6, 6.07) is 7.35. The van der Waals surface area contributed by atoms with E-state index < -0.39 is 0 Å². The van der Waals surface area contributed by atoms with E-state index in [4.69, 9.17) is 0 Å². The van der Waals surface area contributed by atoms with E-state index in [1.54, 1.807) is 0 Å². The van der Waals surface area contributed by atoms with Gasteiger partial charge in [0.1, 0.15) is 0 Å². The Morgan fingerprint density at radius 3 is 2.50 bits per heavy atom. The number of benzene rings is 1. The second-order valence-electron chi connectivity index (χ2n) is 5.75. The lowest BCUT2D eigenvalue weighted by atomic mass is 9.86. The summed E-state index contributed by atoms with van der Waals surface area (Å²) in [4.78, 5) is 0. The molecule has 20 heavy (non-hydrogen) atoms. The molecule has 110 valence electrons. The van der Waals surface area contributed by atoms with Crippen molar-refractivity contribution >= 4 is 28.3 Å². The normalized spacial score (nSPS) is 20.8. The summed E-state index contributed by atoms with van der Waals surface area (Å²) in [7, 11) is 0. The van der Waals surface area contributed by atoms with E-state index in [1.165, 1.54) is 26.7 Å². The van der Waals surface area contributed by atoms with Gasteiger partial charge in [0.15, 0.2) is 0 Å². The van der Waals surface area contributed by atoms with E-state index in [0.717, 1.165) is 19.3 Å². The van der Waals surface area contributed by atoms with Crippen LogP contribution in [-0.2, 0) is 6.42 Å². The molecule has 1 aromatic carbocycles. The molecule has 0 amide bonds. The average molecular weight is 357 g/mol. The van der Waals surface area contributed by atoms with Gasteiger partial charge in [0, 0.05) is 16.6 Å². The average Bonchev–Trinajstić information content (AvgIpc) is 2.29. The van der Waals surface area contributed by atoms with Gasteiger partial charge in [-0.05, 0) is 50.3 Å². The summed E-state index contributed by atoms with van der Waals surface area (Å²) in [5.74, 6) is 0. The number of rotatable bonds is 4. The fraction of sp³-hybridized carbons (Fsp3) is 0.412. The van der Waals surface area contributed by atoms with E-state index >= 15 is 0 Å². The van der Waals surface area contributed by atoms with Gasteiger partial charge in [-0.25, -0.2) is 0 Å². The molecular weight excluding hydrogens is 334 g/mol. The molecule has 0 spiro atoms. The van der Waals surface area contributed by atoms with E-state index in [1.807, 2.05) is 0 Å². The molecule has 1 N–H and O–H groups in total. The Labute approximate surface area is 137 Å². The molecule has 0 radical (unpaired) electrons. The van der Waals surface area contributed by atoms with Gasteiger partial charge in [-0.15, -0.1) is 25.6 Å². The maximum atomic E-state index is 4.06. The number of fused-ring (bicyclic) bond motifs is 1. The van der Waals surface area contributed by atoms with E-state index in [0.29, 0.717) is 12.1 Å². The molecular formula is C17H23BrClN. The van der Waals surface area contributed by atoms with Crippen LogP contribution in [0, 0.1) is 0 Å². The molecule has 0 saturated carbocycles. The highest BCUT2D eigenvalue weighted by molar-refractivity contribution is 9.10. The molecule has 1 aliphatic rings. The van der Waals surface area contributed by atoms with Crippen molar-refractivity contribution in [1.29, 1.82) is 0 Å². The summed E-state index contributed by atoms with van der Waals surface area (Å²) in [6.07, 6.45) is 3.10. The Hall–Kier alpha value is -0.570. The molecule has 0 fully saturated rings. The smallest absolute Gasteiger partial charge is 0.0363 e. The van der Waals surface area contributed by atoms with Crippen LogP contribution in [0.15, 0.2) is 47.0 Å². The van der Waals surface area contributed by atoms with Crippen molar-refractivity contribution in [1.82, 2.24) is 5.32 Å². The van der Waals surface area contributed by atoms with Gasteiger partial charge < -0.3 is 5.32 Å². The van der Waals surface area contributed by atoms with Gasteiger partial charge in [-0.1, -0.05) is 39.2 Å². The Morgan fingerprint density at radius 1 is 1.25 bits per heavy atom. The zero-order valence-electron chi connectivity index (χ0n) is 12.2. The first kappa shape index (κ1) is 17.5. The van der Waals surface area contributed by atoms with E-state index in [-0.39, 0.29) is 12.4 Å². The number of hydrogen-bond acceptors (Lipinski definition) is 1. The van der Waals surface area contributed by atoms with Gasteiger partial charge in [0.2, 0.25) is 0 Å². The molecule has 1 nitrogen and oxygen atoms in total. The Balaban J connectivity index is 0.00000200.